The number of benzene rings is 1. The molecule has 0 saturated heterocycles. The molecule has 1 aromatic rings. The Balaban J connectivity index is 0.00000484. The fourth-order valence-electron chi connectivity index (χ4n) is 1.85. The second kappa shape index (κ2) is 13.9. The Morgan fingerprint density at radius 3 is 2.52 bits per heavy atom. The maximum Gasteiger partial charge on any atom is 0.191 e. The van der Waals surface area contributed by atoms with E-state index in [1.165, 1.54) is 4.90 Å². The molecule has 0 radical (unpaired) electrons. The summed E-state index contributed by atoms with van der Waals surface area (Å²) in [6.45, 7) is 11.2. The van der Waals surface area contributed by atoms with Gasteiger partial charge in [-0.2, -0.15) is 0 Å². The molecule has 0 spiro atoms. The number of hydrogen-bond acceptors (Lipinski definition) is 3. The summed E-state index contributed by atoms with van der Waals surface area (Å²) in [5.74, 6) is 0.910. The van der Waals surface area contributed by atoms with Gasteiger partial charge in [0.05, 0.1) is 6.54 Å². The molecule has 23 heavy (non-hydrogen) atoms. The third-order valence-corrected chi connectivity index (χ3v) is 4.35. The van der Waals surface area contributed by atoms with Gasteiger partial charge in [0.1, 0.15) is 0 Å². The van der Waals surface area contributed by atoms with Crippen LogP contribution in [0.4, 0.5) is 0 Å². The van der Waals surface area contributed by atoms with Gasteiger partial charge in [-0.25, -0.2) is 0 Å². The van der Waals surface area contributed by atoms with E-state index in [-0.39, 0.29) is 24.0 Å². The van der Waals surface area contributed by atoms with Gasteiger partial charge in [-0.05, 0) is 32.6 Å². The highest BCUT2D eigenvalue weighted by atomic mass is 127. The van der Waals surface area contributed by atoms with Crippen LogP contribution in [0.2, 0.25) is 0 Å². The van der Waals surface area contributed by atoms with Gasteiger partial charge >= 0.3 is 0 Å². The molecule has 0 amide bonds. The van der Waals surface area contributed by atoms with Crippen LogP contribution < -0.4 is 10.6 Å². The molecule has 1 atom stereocenters. The monoisotopic (exact) mass is 450 g/mol. The molecule has 0 aliphatic heterocycles. The predicted octanol–water partition coefficient (Wildman–Crippen LogP) is 3.29. The first kappa shape index (κ1) is 22.5. The lowest BCUT2D eigenvalue weighted by Gasteiger charge is -2.17. The van der Waals surface area contributed by atoms with Crippen LogP contribution >= 0.6 is 35.7 Å². The molecule has 2 N–H and O–H groups in total. The van der Waals surface area contributed by atoms with Gasteiger partial charge in [0, 0.05) is 29.8 Å². The molecule has 4 nitrogen and oxygen atoms in total. The number of aliphatic imine (C=N–C) groups is 1. The van der Waals surface area contributed by atoms with Gasteiger partial charge in [0.25, 0.3) is 0 Å². The fraction of sp³-hybridized carbons (Fsp3) is 0.588. The van der Waals surface area contributed by atoms with Crippen LogP contribution in [0.3, 0.4) is 0 Å². The molecule has 0 aliphatic carbocycles. The van der Waals surface area contributed by atoms with E-state index in [0.29, 0.717) is 5.25 Å². The summed E-state index contributed by atoms with van der Waals surface area (Å²) in [7, 11) is 2.13. The summed E-state index contributed by atoms with van der Waals surface area (Å²) in [5.41, 5.74) is 0. The molecule has 0 aromatic heterocycles. The van der Waals surface area contributed by atoms with Gasteiger partial charge in [0.15, 0.2) is 5.96 Å². The van der Waals surface area contributed by atoms with Crippen LogP contribution in [-0.2, 0) is 0 Å². The van der Waals surface area contributed by atoms with E-state index in [9.17, 15) is 0 Å². The molecular formula is C17H31IN4S. The van der Waals surface area contributed by atoms with Crippen molar-refractivity contribution in [1.29, 1.82) is 0 Å². The van der Waals surface area contributed by atoms with Crippen molar-refractivity contribution < 1.29 is 0 Å². The van der Waals surface area contributed by atoms with Gasteiger partial charge in [-0.15, -0.1) is 35.7 Å². The summed E-state index contributed by atoms with van der Waals surface area (Å²) in [6.07, 6.45) is 0. The molecule has 1 rings (SSSR count). The third-order valence-electron chi connectivity index (χ3n) is 3.26. The highest BCUT2D eigenvalue weighted by Gasteiger charge is 2.05. The summed E-state index contributed by atoms with van der Waals surface area (Å²) >= 11 is 1.87. The van der Waals surface area contributed by atoms with E-state index in [4.69, 9.17) is 0 Å². The SMILES string of the molecule is CCNC(=NCC(C)Sc1ccccc1)NCCN(C)CC.I. The minimum absolute atomic E-state index is 0. The largest absolute Gasteiger partial charge is 0.357 e. The van der Waals surface area contributed by atoms with E-state index in [1.807, 2.05) is 17.8 Å². The standard InChI is InChI=1S/C17H30N4S.HI/c1-5-18-17(19-12-13-21(4)6-2)20-14-15(3)22-16-10-8-7-9-11-16;/h7-11,15H,5-6,12-14H2,1-4H3,(H2,18,19,20);1H. The van der Waals surface area contributed by atoms with Crippen LogP contribution in [0.5, 0.6) is 0 Å². The number of nitrogens with zero attached hydrogens (tertiary/aromatic N) is 2. The number of thioether (sulfide) groups is 1. The van der Waals surface area contributed by atoms with Crippen LogP contribution in [0.1, 0.15) is 20.8 Å². The van der Waals surface area contributed by atoms with Crippen molar-refractivity contribution in [2.75, 3.05) is 39.8 Å². The lowest BCUT2D eigenvalue weighted by molar-refractivity contribution is 0.357. The first-order valence-electron chi connectivity index (χ1n) is 8.08. The van der Waals surface area contributed by atoms with E-state index in [2.05, 4.69) is 72.6 Å². The predicted molar refractivity (Wildman–Crippen MR) is 114 cm³/mol. The minimum atomic E-state index is 0. The van der Waals surface area contributed by atoms with E-state index in [1.54, 1.807) is 0 Å². The van der Waals surface area contributed by atoms with Gasteiger partial charge < -0.3 is 15.5 Å². The van der Waals surface area contributed by atoms with Crippen molar-refractivity contribution in [1.82, 2.24) is 15.5 Å². The zero-order valence-corrected chi connectivity index (χ0v) is 17.9. The summed E-state index contributed by atoms with van der Waals surface area (Å²) < 4.78 is 0. The second-order valence-electron chi connectivity index (χ2n) is 5.28. The van der Waals surface area contributed by atoms with Crippen LogP contribution in [0, 0.1) is 0 Å². The molecule has 0 aliphatic rings. The lowest BCUT2D eigenvalue weighted by Crippen LogP contribution is -2.41. The molecule has 0 bridgehead atoms. The zero-order chi connectivity index (χ0) is 16.2. The van der Waals surface area contributed by atoms with Gasteiger partial charge in [0.2, 0.25) is 0 Å². The van der Waals surface area contributed by atoms with Crippen LogP contribution in [-0.4, -0.2) is 55.9 Å². The highest BCUT2D eigenvalue weighted by molar-refractivity contribution is 14.0. The van der Waals surface area contributed by atoms with Gasteiger partial charge in [-0.1, -0.05) is 32.0 Å². The van der Waals surface area contributed by atoms with Crippen molar-refractivity contribution in [3.63, 3.8) is 0 Å². The molecular weight excluding hydrogens is 419 g/mol. The molecule has 132 valence electrons. The Morgan fingerprint density at radius 2 is 1.91 bits per heavy atom. The average molecular weight is 450 g/mol. The summed E-state index contributed by atoms with van der Waals surface area (Å²) in [5, 5.41) is 7.15. The summed E-state index contributed by atoms with van der Waals surface area (Å²) in [6, 6.07) is 10.5. The van der Waals surface area contributed by atoms with Crippen LogP contribution in [0.25, 0.3) is 0 Å². The van der Waals surface area contributed by atoms with E-state index < -0.39 is 0 Å². The maximum atomic E-state index is 4.69. The molecule has 1 unspecified atom stereocenters. The number of hydrogen-bond donors (Lipinski definition) is 2. The van der Waals surface area contributed by atoms with Crippen molar-refractivity contribution in [2.45, 2.75) is 30.9 Å². The molecule has 1 aromatic carbocycles. The zero-order valence-electron chi connectivity index (χ0n) is 14.7. The summed E-state index contributed by atoms with van der Waals surface area (Å²) in [4.78, 5) is 8.27. The number of likely N-dealkylation sites (N-methyl/N-ethyl adjacent to an activating group) is 1. The van der Waals surface area contributed by atoms with Crippen LogP contribution in [0.15, 0.2) is 40.2 Å². The number of halogens is 1. The Morgan fingerprint density at radius 1 is 1.22 bits per heavy atom. The van der Waals surface area contributed by atoms with Crippen molar-refractivity contribution in [2.24, 2.45) is 4.99 Å². The third kappa shape index (κ3) is 10.8. The molecule has 0 saturated carbocycles. The normalized spacial score (nSPS) is 12.7. The highest BCUT2D eigenvalue weighted by Crippen LogP contribution is 2.22. The first-order chi connectivity index (χ1) is 10.7. The van der Waals surface area contributed by atoms with E-state index in [0.717, 1.165) is 38.7 Å². The quantitative estimate of drug-likeness (QED) is 0.262. The smallest absolute Gasteiger partial charge is 0.191 e. The molecule has 0 heterocycles. The topological polar surface area (TPSA) is 39.7 Å². The lowest BCUT2D eigenvalue weighted by atomic mass is 10.4. The van der Waals surface area contributed by atoms with Crippen molar-refractivity contribution in [3.05, 3.63) is 30.3 Å². The average Bonchev–Trinajstić information content (AvgIpc) is 2.53. The Bertz CT molecular complexity index is 428. The van der Waals surface area contributed by atoms with Crippen molar-refractivity contribution >= 4 is 41.7 Å². The van der Waals surface area contributed by atoms with Crippen molar-refractivity contribution in [3.8, 4) is 0 Å². The Hall–Kier alpha value is -0.470. The maximum absolute atomic E-state index is 4.69. The Labute approximate surface area is 162 Å². The fourth-order valence-corrected chi connectivity index (χ4v) is 2.78. The minimum Gasteiger partial charge on any atom is -0.357 e. The first-order valence-corrected chi connectivity index (χ1v) is 8.96. The molecule has 0 fully saturated rings. The molecule has 6 heteroatoms. The van der Waals surface area contributed by atoms with E-state index >= 15 is 0 Å². The second-order valence-corrected chi connectivity index (χ2v) is 6.80. The van der Waals surface area contributed by atoms with Gasteiger partial charge in [-0.3, -0.25) is 4.99 Å². The number of nitrogens with one attached hydrogen (secondary N) is 2. The number of rotatable bonds is 9. The number of guanidine groups is 1. The Kier molecular flexibility index (Phi) is 13.6.